The van der Waals surface area contributed by atoms with E-state index >= 15 is 0 Å². The molecule has 2 saturated heterocycles. The van der Waals surface area contributed by atoms with Crippen molar-refractivity contribution in [3.8, 4) is 0 Å². The minimum absolute atomic E-state index is 0.0136. The molecule has 0 aromatic rings. The average Bonchev–Trinajstić information content (AvgIpc) is 3.37. The van der Waals surface area contributed by atoms with Gasteiger partial charge >= 0.3 is 29.8 Å². The molecule has 0 aromatic carbocycles. The van der Waals surface area contributed by atoms with Crippen LogP contribution in [0.25, 0.3) is 41.8 Å². The molecule has 0 spiro atoms. The number of nitrogens with zero attached hydrogens (tertiary/aromatic N) is 12. The molecule has 13 atom stereocenters. The minimum Gasteiger partial charge on any atom is -0.463 e. The Labute approximate surface area is 299 Å². The van der Waals surface area contributed by atoms with Crippen LogP contribution in [0.15, 0.2) is 20.5 Å². The maximum absolute atomic E-state index is 12.5. The van der Waals surface area contributed by atoms with Crippen molar-refractivity contribution in [1.82, 2.24) is 0 Å². The maximum Gasteiger partial charge on any atom is 0.303 e. The van der Waals surface area contributed by atoms with Crippen molar-refractivity contribution < 1.29 is 66.6 Å². The van der Waals surface area contributed by atoms with E-state index < -0.39 is 123 Å². The van der Waals surface area contributed by atoms with Gasteiger partial charge in [0.05, 0.1) is 18.7 Å². The van der Waals surface area contributed by atoms with E-state index in [0.717, 1.165) is 34.6 Å². The van der Waals surface area contributed by atoms with Crippen molar-refractivity contribution in [3.63, 3.8) is 0 Å². The Balaban J connectivity index is 2.11. The van der Waals surface area contributed by atoms with E-state index in [4.69, 9.17) is 53.7 Å². The Morgan fingerprint density at radius 3 is 1.74 bits per heavy atom. The first-order chi connectivity index (χ1) is 25.2. The molecule has 1 aliphatic carbocycles. The molecular weight excluding hydrogens is 716 g/mol. The second-order valence-electron chi connectivity index (χ2n) is 11.7. The molecule has 3 fully saturated rings. The number of carbonyl (C=O) groups is 5. The lowest BCUT2D eigenvalue weighted by atomic mass is 9.86. The van der Waals surface area contributed by atoms with Gasteiger partial charge in [0, 0.05) is 60.3 Å². The predicted molar refractivity (Wildman–Crippen MR) is 168 cm³/mol. The summed E-state index contributed by atoms with van der Waals surface area (Å²) in [6.45, 7) is 4.25. The third-order valence-corrected chi connectivity index (χ3v) is 7.83. The molecule has 26 nitrogen and oxygen atoms in total. The van der Waals surface area contributed by atoms with Crippen molar-refractivity contribution >= 4 is 29.8 Å². The number of hydrogen-bond donors (Lipinski definition) is 0. The van der Waals surface area contributed by atoms with Gasteiger partial charge in [-0.2, -0.15) is 0 Å². The summed E-state index contributed by atoms with van der Waals surface area (Å²) in [7, 11) is 0. The van der Waals surface area contributed by atoms with Crippen molar-refractivity contribution in [1.29, 1.82) is 0 Å². The molecule has 3 aliphatic rings. The number of ether oxygens (including phenoxy) is 9. The molecule has 1 saturated carbocycles. The Hall–Kier alpha value is -5.57. The van der Waals surface area contributed by atoms with E-state index in [1.165, 1.54) is 0 Å². The van der Waals surface area contributed by atoms with Gasteiger partial charge in [0.15, 0.2) is 30.9 Å². The molecule has 0 bridgehead atoms. The topological polar surface area (TPSA) is 363 Å². The van der Waals surface area contributed by atoms with Crippen LogP contribution in [0.5, 0.6) is 0 Å². The van der Waals surface area contributed by atoms with Crippen molar-refractivity contribution in [2.24, 2.45) is 20.5 Å². The molecule has 3 rings (SSSR count). The summed E-state index contributed by atoms with van der Waals surface area (Å²) < 4.78 is 51.4. The van der Waals surface area contributed by atoms with E-state index in [1.807, 2.05) is 0 Å². The summed E-state index contributed by atoms with van der Waals surface area (Å²) in [5, 5.41) is 14.5. The van der Waals surface area contributed by atoms with Crippen LogP contribution >= 0.6 is 0 Å². The van der Waals surface area contributed by atoms with Crippen LogP contribution in [0.2, 0.25) is 0 Å². The first kappa shape index (κ1) is 41.8. The summed E-state index contributed by atoms with van der Waals surface area (Å²) in [5.74, 6) is -4.18. The lowest BCUT2D eigenvalue weighted by Gasteiger charge is -2.44. The Morgan fingerprint density at radius 1 is 0.604 bits per heavy atom. The lowest BCUT2D eigenvalue weighted by molar-refractivity contribution is -0.285. The van der Waals surface area contributed by atoms with Crippen LogP contribution in [-0.2, 0) is 66.6 Å². The molecule has 0 radical (unpaired) electrons. The molecule has 3 unspecified atom stereocenters. The average molecular weight is 753 g/mol. The monoisotopic (exact) mass is 752 g/mol. The fourth-order valence-electron chi connectivity index (χ4n) is 6.04. The van der Waals surface area contributed by atoms with E-state index in [9.17, 15) is 35.0 Å². The third-order valence-electron chi connectivity index (χ3n) is 7.83. The lowest BCUT2D eigenvalue weighted by Crippen LogP contribution is -2.62. The van der Waals surface area contributed by atoms with E-state index in [0.29, 0.717) is 0 Å². The third kappa shape index (κ3) is 11.7. The number of hydrogen-bond acceptors (Lipinski definition) is 18. The van der Waals surface area contributed by atoms with Crippen LogP contribution in [0.4, 0.5) is 0 Å². The number of carbonyl (C=O) groups excluding carboxylic acids is 5. The van der Waals surface area contributed by atoms with Gasteiger partial charge < -0.3 is 42.6 Å². The van der Waals surface area contributed by atoms with Gasteiger partial charge in [-0.25, -0.2) is 0 Å². The first-order valence-electron chi connectivity index (χ1n) is 15.8. The van der Waals surface area contributed by atoms with Crippen molar-refractivity contribution in [2.75, 3.05) is 13.2 Å². The van der Waals surface area contributed by atoms with Crippen LogP contribution in [0, 0.1) is 0 Å². The molecular formula is C27H36N12O14. The second-order valence-corrected chi connectivity index (χ2v) is 11.7. The fourth-order valence-corrected chi connectivity index (χ4v) is 6.04. The smallest absolute Gasteiger partial charge is 0.303 e. The highest BCUT2D eigenvalue weighted by atomic mass is 16.8. The van der Waals surface area contributed by atoms with Gasteiger partial charge in [-0.1, -0.05) is 20.5 Å². The van der Waals surface area contributed by atoms with Crippen LogP contribution in [0.1, 0.15) is 47.5 Å². The summed E-state index contributed by atoms with van der Waals surface area (Å²) in [5.41, 5.74) is 36.8. The minimum atomic E-state index is -1.75. The molecule has 0 amide bonds. The van der Waals surface area contributed by atoms with E-state index in [2.05, 4.69) is 40.1 Å². The number of azide groups is 4. The molecule has 26 heteroatoms. The fraction of sp³-hybridized carbons (Fsp3) is 0.815. The summed E-state index contributed by atoms with van der Waals surface area (Å²) in [6, 6.07) is -3.52. The Morgan fingerprint density at radius 2 is 1.17 bits per heavy atom. The standard InChI is InChI=1S/C27H36N12O14/c1-10(40)45-9-19-23(53-26-20(35-39-31)24(48-13(4)43)22(47-12(3)42)18(51-26)8-32-36-28)25(49-14(5)44)27(52-19)50-17-7-15(33-37-29)6-16(34-38-30)21(17)46-11(2)41/h15-27H,6-9H2,1-5H3/t15?,16?,17-,18-,19+,20?,21-,22+,23+,24+,25+,26+,27+/m0/s1. The van der Waals surface area contributed by atoms with Gasteiger partial charge in [0.25, 0.3) is 0 Å². The van der Waals surface area contributed by atoms with Crippen molar-refractivity contribution in [2.45, 2.75) is 127 Å². The summed E-state index contributed by atoms with van der Waals surface area (Å²) in [6.07, 6.45) is -14.8. The Bertz CT molecular complexity index is 1580. The van der Waals surface area contributed by atoms with Gasteiger partial charge in [-0.15, -0.1) is 0 Å². The molecule has 0 aromatic heterocycles. The zero-order valence-corrected chi connectivity index (χ0v) is 28.9. The van der Waals surface area contributed by atoms with Gasteiger partial charge in [0.1, 0.15) is 37.1 Å². The van der Waals surface area contributed by atoms with Gasteiger partial charge in [0.2, 0.25) is 0 Å². The van der Waals surface area contributed by atoms with Crippen LogP contribution < -0.4 is 0 Å². The molecule has 288 valence electrons. The Kier molecular flexibility index (Phi) is 15.7. The van der Waals surface area contributed by atoms with E-state index in [1.54, 1.807) is 0 Å². The highest BCUT2D eigenvalue weighted by Crippen LogP contribution is 2.38. The predicted octanol–water partition coefficient (Wildman–Crippen LogP) is 2.64. The molecule has 0 N–H and O–H groups in total. The van der Waals surface area contributed by atoms with Crippen LogP contribution in [-0.4, -0.2) is 123 Å². The zero-order chi connectivity index (χ0) is 39.2. The summed E-state index contributed by atoms with van der Waals surface area (Å²) >= 11 is 0. The second kappa shape index (κ2) is 19.9. The maximum atomic E-state index is 12.5. The van der Waals surface area contributed by atoms with Gasteiger partial charge in [-0.3, -0.25) is 24.0 Å². The first-order valence-corrected chi connectivity index (χ1v) is 15.8. The van der Waals surface area contributed by atoms with Crippen LogP contribution in [0.3, 0.4) is 0 Å². The largest absolute Gasteiger partial charge is 0.463 e. The highest BCUT2D eigenvalue weighted by molar-refractivity contribution is 5.68. The summed E-state index contributed by atoms with van der Waals surface area (Å²) in [4.78, 5) is 71.8. The molecule has 2 heterocycles. The zero-order valence-electron chi connectivity index (χ0n) is 28.9. The number of rotatable bonds is 15. The normalized spacial score (nSPS) is 33.2. The number of esters is 5. The molecule has 2 aliphatic heterocycles. The highest BCUT2D eigenvalue weighted by Gasteiger charge is 2.56. The SMILES string of the molecule is CC(=O)OC[C@H]1O[C@@H](O[C@H]2CC(N=[N+]=[N-])CC(N=[N+]=[N-])[C@@H]2OC(C)=O)[C@H](OC(C)=O)[C@@H]1O[C@H]1O[C@@H](CN=[N+]=[N-])[C@@H](OC(C)=O)[C@H](OC(C)=O)C1N=[N+]=[N-]. The van der Waals surface area contributed by atoms with E-state index in [-0.39, 0.29) is 12.8 Å². The van der Waals surface area contributed by atoms with Crippen molar-refractivity contribution in [3.05, 3.63) is 41.8 Å². The van der Waals surface area contributed by atoms with Gasteiger partial charge in [-0.05, 0) is 35.0 Å². The quantitative estimate of drug-likeness (QED) is 0.0763. The molecule has 53 heavy (non-hydrogen) atoms.